The molecule has 0 fully saturated rings. The number of esters is 1. The predicted octanol–water partition coefficient (Wildman–Crippen LogP) is 2.11. The molecule has 0 heterocycles. The Bertz CT molecular complexity index is 511. The number of hydrogen-bond donors (Lipinski definition) is 2. The van der Waals surface area contributed by atoms with Crippen LogP contribution in [0.5, 0.6) is 0 Å². The molecule has 0 saturated heterocycles. The van der Waals surface area contributed by atoms with Crippen LogP contribution in [-0.2, 0) is 14.3 Å². The van der Waals surface area contributed by atoms with Crippen molar-refractivity contribution < 1.29 is 19.1 Å². The summed E-state index contributed by atoms with van der Waals surface area (Å²) in [7, 11) is 0. The molecule has 0 spiro atoms. The maximum Gasteiger partial charge on any atom is 0.306 e. The van der Waals surface area contributed by atoms with Gasteiger partial charge in [-0.05, 0) is 37.6 Å². The summed E-state index contributed by atoms with van der Waals surface area (Å²) in [5, 5.41) is 5.45. The molecule has 0 aliphatic carbocycles. The topological polar surface area (TPSA) is 84.5 Å². The lowest BCUT2D eigenvalue weighted by Crippen LogP contribution is -2.23. The number of carbonyl (C=O) groups excluding carboxylic acids is 3. The zero-order chi connectivity index (χ0) is 16.4. The highest BCUT2D eigenvalue weighted by atomic mass is 16.5. The average molecular weight is 306 g/mol. The summed E-state index contributed by atoms with van der Waals surface area (Å²) >= 11 is 0. The van der Waals surface area contributed by atoms with Crippen LogP contribution in [0.2, 0.25) is 0 Å². The first-order valence-corrected chi connectivity index (χ1v) is 7.40. The summed E-state index contributed by atoms with van der Waals surface area (Å²) in [6.45, 7) is 4.64. The SMILES string of the molecule is CCCNC(=O)c1ccc(NC(=O)CCC(=O)OCC)cc1. The fourth-order valence-electron chi connectivity index (χ4n) is 1.72. The third kappa shape index (κ3) is 6.39. The minimum Gasteiger partial charge on any atom is -0.466 e. The highest BCUT2D eigenvalue weighted by Crippen LogP contribution is 2.10. The summed E-state index contributed by atoms with van der Waals surface area (Å²) in [4.78, 5) is 34.6. The van der Waals surface area contributed by atoms with Crippen molar-refractivity contribution in [1.82, 2.24) is 5.32 Å². The summed E-state index contributed by atoms with van der Waals surface area (Å²) in [5.74, 6) is -0.793. The lowest BCUT2D eigenvalue weighted by molar-refractivity contribution is -0.144. The Kier molecular flexibility index (Phi) is 7.67. The molecule has 120 valence electrons. The number of hydrogen-bond acceptors (Lipinski definition) is 4. The van der Waals surface area contributed by atoms with Crippen molar-refractivity contribution in [3.63, 3.8) is 0 Å². The standard InChI is InChI=1S/C16H22N2O4/c1-3-11-17-16(21)12-5-7-13(8-6-12)18-14(19)9-10-15(20)22-4-2/h5-8H,3-4,9-11H2,1-2H3,(H,17,21)(H,18,19). The molecule has 6 nitrogen and oxygen atoms in total. The van der Waals surface area contributed by atoms with Gasteiger partial charge in [0.25, 0.3) is 5.91 Å². The molecule has 0 radical (unpaired) electrons. The minimum absolute atomic E-state index is 0.0528. The van der Waals surface area contributed by atoms with Gasteiger partial charge in [-0.2, -0.15) is 0 Å². The van der Waals surface area contributed by atoms with Crippen LogP contribution in [0, 0.1) is 0 Å². The smallest absolute Gasteiger partial charge is 0.306 e. The molecule has 0 atom stereocenters. The van der Waals surface area contributed by atoms with Crippen molar-refractivity contribution in [2.45, 2.75) is 33.1 Å². The number of ether oxygens (including phenoxy) is 1. The predicted molar refractivity (Wildman–Crippen MR) is 83.6 cm³/mol. The number of anilines is 1. The molecule has 0 aliphatic heterocycles. The van der Waals surface area contributed by atoms with Crippen LogP contribution >= 0.6 is 0 Å². The third-order valence-electron chi connectivity index (χ3n) is 2.83. The van der Waals surface area contributed by atoms with E-state index >= 15 is 0 Å². The van der Waals surface area contributed by atoms with Crippen molar-refractivity contribution in [3.05, 3.63) is 29.8 Å². The Morgan fingerprint density at radius 3 is 2.32 bits per heavy atom. The van der Waals surface area contributed by atoms with Gasteiger partial charge in [0.05, 0.1) is 13.0 Å². The molecule has 0 unspecified atom stereocenters. The molecule has 1 rings (SSSR count). The molecule has 6 heteroatoms. The van der Waals surface area contributed by atoms with Crippen molar-refractivity contribution in [3.8, 4) is 0 Å². The van der Waals surface area contributed by atoms with Gasteiger partial charge in [-0.15, -0.1) is 0 Å². The Morgan fingerprint density at radius 2 is 1.73 bits per heavy atom. The Hall–Kier alpha value is -2.37. The van der Waals surface area contributed by atoms with Crippen molar-refractivity contribution in [1.29, 1.82) is 0 Å². The second-order valence-electron chi connectivity index (χ2n) is 4.69. The van der Waals surface area contributed by atoms with Gasteiger partial charge in [-0.1, -0.05) is 6.92 Å². The maximum absolute atomic E-state index is 11.7. The van der Waals surface area contributed by atoms with Gasteiger partial charge >= 0.3 is 5.97 Å². The van der Waals surface area contributed by atoms with E-state index in [1.807, 2.05) is 6.92 Å². The molecule has 0 saturated carbocycles. The van der Waals surface area contributed by atoms with Crippen LogP contribution in [0.25, 0.3) is 0 Å². The van der Waals surface area contributed by atoms with Gasteiger partial charge in [0.15, 0.2) is 0 Å². The van der Waals surface area contributed by atoms with E-state index in [0.717, 1.165) is 6.42 Å². The zero-order valence-electron chi connectivity index (χ0n) is 13.0. The molecule has 0 bridgehead atoms. The van der Waals surface area contributed by atoms with Gasteiger partial charge in [-0.25, -0.2) is 0 Å². The number of benzene rings is 1. The van der Waals surface area contributed by atoms with Crippen LogP contribution in [0.4, 0.5) is 5.69 Å². The highest BCUT2D eigenvalue weighted by Gasteiger charge is 2.09. The maximum atomic E-state index is 11.7. The van der Waals surface area contributed by atoms with Gasteiger partial charge in [0.1, 0.15) is 0 Å². The van der Waals surface area contributed by atoms with E-state index in [1.54, 1.807) is 31.2 Å². The lowest BCUT2D eigenvalue weighted by atomic mass is 10.2. The van der Waals surface area contributed by atoms with Gasteiger partial charge < -0.3 is 15.4 Å². The summed E-state index contributed by atoms with van der Waals surface area (Å²) in [5.41, 5.74) is 1.12. The molecule has 0 aromatic heterocycles. The van der Waals surface area contributed by atoms with Gasteiger partial charge in [0.2, 0.25) is 5.91 Å². The molecular formula is C16H22N2O4. The van der Waals surface area contributed by atoms with E-state index in [2.05, 4.69) is 10.6 Å². The molecule has 1 aromatic carbocycles. The quantitative estimate of drug-likeness (QED) is 0.720. The second-order valence-corrected chi connectivity index (χ2v) is 4.69. The van der Waals surface area contributed by atoms with Crippen LogP contribution in [0.1, 0.15) is 43.5 Å². The fraction of sp³-hybridized carbons (Fsp3) is 0.438. The number of nitrogens with one attached hydrogen (secondary N) is 2. The zero-order valence-corrected chi connectivity index (χ0v) is 13.0. The van der Waals surface area contributed by atoms with Crippen LogP contribution in [0.15, 0.2) is 24.3 Å². The Morgan fingerprint density at radius 1 is 1.05 bits per heavy atom. The van der Waals surface area contributed by atoms with E-state index in [0.29, 0.717) is 24.4 Å². The molecule has 2 N–H and O–H groups in total. The van der Waals surface area contributed by atoms with Crippen LogP contribution in [-0.4, -0.2) is 30.9 Å². The largest absolute Gasteiger partial charge is 0.466 e. The van der Waals surface area contributed by atoms with Crippen molar-refractivity contribution in [2.75, 3.05) is 18.5 Å². The molecular weight excluding hydrogens is 284 g/mol. The average Bonchev–Trinajstić information content (AvgIpc) is 2.51. The first-order chi connectivity index (χ1) is 10.6. The van der Waals surface area contributed by atoms with E-state index in [1.165, 1.54) is 0 Å². The summed E-state index contributed by atoms with van der Waals surface area (Å²) in [6, 6.07) is 6.60. The van der Waals surface area contributed by atoms with E-state index < -0.39 is 0 Å². The summed E-state index contributed by atoms with van der Waals surface area (Å²) < 4.78 is 4.75. The Balaban J connectivity index is 2.45. The fourth-order valence-corrected chi connectivity index (χ4v) is 1.72. The monoisotopic (exact) mass is 306 g/mol. The highest BCUT2D eigenvalue weighted by molar-refractivity contribution is 5.96. The Labute approximate surface area is 130 Å². The molecule has 2 amide bonds. The van der Waals surface area contributed by atoms with Crippen LogP contribution < -0.4 is 10.6 Å². The minimum atomic E-state index is -0.388. The lowest BCUT2D eigenvalue weighted by Gasteiger charge is -2.07. The van der Waals surface area contributed by atoms with E-state index in [9.17, 15) is 14.4 Å². The van der Waals surface area contributed by atoms with Crippen molar-refractivity contribution >= 4 is 23.5 Å². The normalized spacial score (nSPS) is 9.91. The summed E-state index contributed by atoms with van der Waals surface area (Å²) in [6.07, 6.45) is 0.995. The number of amides is 2. The first kappa shape index (κ1) is 17.7. The third-order valence-corrected chi connectivity index (χ3v) is 2.83. The van der Waals surface area contributed by atoms with Crippen molar-refractivity contribution in [2.24, 2.45) is 0 Å². The van der Waals surface area contributed by atoms with E-state index in [-0.39, 0.29) is 30.6 Å². The van der Waals surface area contributed by atoms with E-state index in [4.69, 9.17) is 4.74 Å². The molecule has 22 heavy (non-hydrogen) atoms. The number of rotatable bonds is 8. The molecule has 0 aliphatic rings. The first-order valence-electron chi connectivity index (χ1n) is 7.40. The van der Waals surface area contributed by atoms with Gasteiger partial charge in [0, 0.05) is 24.2 Å². The second kappa shape index (κ2) is 9.55. The van der Waals surface area contributed by atoms with Gasteiger partial charge in [-0.3, -0.25) is 14.4 Å². The number of carbonyl (C=O) groups is 3. The molecule has 1 aromatic rings. The van der Waals surface area contributed by atoms with Crippen LogP contribution in [0.3, 0.4) is 0 Å².